The smallest absolute Gasteiger partial charge is 0.263 e. The van der Waals surface area contributed by atoms with E-state index in [1.54, 1.807) is 57.5 Å². The molecular weight excluding hydrogens is 408 g/mol. The van der Waals surface area contributed by atoms with Gasteiger partial charge in [0.15, 0.2) is 17.6 Å². The lowest BCUT2D eigenvalue weighted by molar-refractivity contribution is -0.128. The summed E-state index contributed by atoms with van der Waals surface area (Å²) in [5, 5.41) is 2.89. The van der Waals surface area contributed by atoms with E-state index in [2.05, 4.69) is 5.32 Å². The first kappa shape index (κ1) is 21.8. The van der Waals surface area contributed by atoms with Gasteiger partial charge in [-0.2, -0.15) is 0 Å². The zero-order valence-corrected chi connectivity index (χ0v) is 18.2. The number of fused-ring (bicyclic) bond motifs is 1. The molecule has 3 rings (SSSR count). The predicted molar refractivity (Wildman–Crippen MR) is 114 cm³/mol. The summed E-state index contributed by atoms with van der Waals surface area (Å²) in [7, 11) is -0.460. The molecular formula is C21H26N2O6S. The van der Waals surface area contributed by atoms with Crippen LogP contribution in [0, 0.1) is 0 Å². The average molecular weight is 435 g/mol. The number of methoxy groups -OCH3 is 2. The predicted octanol–water partition coefficient (Wildman–Crippen LogP) is 2.50. The minimum absolute atomic E-state index is 0.0717. The third kappa shape index (κ3) is 4.30. The van der Waals surface area contributed by atoms with Crippen molar-refractivity contribution in [2.24, 2.45) is 0 Å². The van der Waals surface area contributed by atoms with Crippen LogP contribution in [0.1, 0.15) is 25.5 Å². The van der Waals surface area contributed by atoms with E-state index in [0.29, 0.717) is 22.9 Å². The van der Waals surface area contributed by atoms with Crippen LogP contribution in [0.4, 0.5) is 5.69 Å². The monoisotopic (exact) mass is 434 g/mol. The molecule has 1 aliphatic rings. The van der Waals surface area contributed by atoms with E-state index in [1.165, 1.54) is 4.31 Å². The Bertz CT molecular complexity index is 1020. The Labute approximate surface area is 176 Å². The minimum atomic E-state index is -3.56. The number of rotatable bonds is 7. The van der Waals surface area contributed by atoms with Gasteiger partial charge in [0, 0.05) is 0 Å². The molecule has 9 heteroatoms. The summed E-state index contributed by atoms with van der Waals surface area (Å²) in [5.41, 5.74) is 1.26. The summed E-state index contributed by atoms with van der Waals surface area (Å²) >= 11 is 0. The number of anilines is 1. The molecule has 0 aromatic heterocycles. The first-order valence-electron chi connectivity index (χ1n) is 9.59. The van der Waals surface area contributed by atoms with E-state index in [4.69, 9.17) is 14.2 Å². The highest BCUT2D eigenvalue weighted by molar-refractivity contribution is 7.92. The van der Waals surface area contributed by atoms with Crippen LogP contribution in [-0.4, -0.2) is 46.9 Å². The highest BCUT2D eigenvalue weighted by Crippen LogP contribution is 2.35. The number of para-hydroxylation sites is 2. The van der Waals surface area contributed by atoms with Crippen LogP contribution in [0.3, 0.4) is 0 Å². The number of hydrogen-bond donors (Lipinski definition) is 1. The molecule has 2 atom stereocenters. The third-order valence-electron chi connectivity index (χ3n) is 4.99. The van der Waals surface area contributed by atoms with Crippen LogP contribution in [-0.2, 0) is 14.8 Å². The van der Waals surface area contributed by atoms with Gasteiger partial charge in [0.25, 0.3) is 5.91 Å². The van der Waals surface area contributed by atoms with E-state index < -0.39 is 22.0 Å². The zero-order chi connectivity index (χ0) is 21.9. The van der Waals surface area contributed by atoms with E-state index in [0.717, 1.165) is 5.56 Å². The highest BCUT2D eigenvalue weighted by atomic mass is 32.2. The number of carbonyl (C=O) groups is 1. The van der Waals surface area contributed by atoms with Crippen molar-refractivity contribution in [3.63, 3.8) is 0 Å². The van der Waals surface area contributed by atoms with Crippen LogP contribution in [0.25, 0.3) is 0 Å². The molecule has 8 nitrogen and oxygen atoms in total. The van der Waals surface area contributed by atoms with Gasteiger partial charge in [-0.3, -0.25) is 9.10 Å². The molecule has 0 radical (unpaired) electrons. The van der Waals surface area contributed by atoms with Crippen LogP contribution in [0.5, 0.6) is 17.2 Å². The molecule has 0 fully saturated rings. The second-order valence-corrected chi connectivity index (χ2v) is 9.03. The van der Waals surface area contributed by atoms with Crippen LogP contribution >= 0.6 is 0 Å². The minimum Gasteiger partial charge on any atom is -0.493 e. The first-order valence-corrected chi connectivity index (χ1v) is 11.2. The quantitative estimate of drug-likeness (QED) is 0.720. The number of sulfonamides is 1. The Morgan fingerprint density at radius 1 is 1.20 bits per heavy atom. The zero-order valence-electron chi connectivity index (χ0n) is 17.4. The molecule has 0 bridgehead atoms. The molecule has 2 aromatic rings. The van der Waals surface area contributed by atoms with Crippen molar-refractivity contribution in [2.75, 3.05) is 30.8 Å². The summed E-state index contributed by atoms with van der Waals surface area (Å²) in [6.45, 7) is 3.32. The molecule has 2 aromatic carbocycles. The Morgan fingerprint density at radius 3 is 2.57 bits per heavy atom. The van der Waals surface area contributed by atoms with Crippen LogP contribution in [0.15, 0.2) is 42.5 Å². The molecule has 162 valence electrons. The van der Waals surface area contributed by atoms with E-state index >= 15 is 0 Å². The first-order chi connectivity index (χ1) is 14.3. The van der Waals surface area contributed by atoms with Crippen molar-refractivity contribution in [3.8, 4) is 17.2 Å². The number of benzene rings is 2. The maximum Gasteiger partial charge on any atom is 0.263 e. The van der Waals surface area contributed by atoms with Crippen molar-refractivity contribution in [3.05, 3.63) is 48.0 Å². The molecule has 0 spiro atoms. The molecule has 0 saturated heterocycles. The van der Waals surface area contributed by atoms with Crippen molar-refractivity contribution in [1.29, 1.82) is 0 Å². The molecule has 1 amide bonds. The molecule has 1 aliphatic heterocycles. The largest absolute Gasteiger partial charge is 0.493 e. The van der Waals surface area contributed by atoms with E-state index in [9.17, 15) is 13.2 Å². The second-order valence-electron chi connectivity index (χ2n) is 6.85. The molecule has 1 N–H and O–H groups in total. The highest BCUT2D eigenvalue weighted by Gasteiger charge is 2.36. The fourth-order valence-corrected chi connectivity index (χ4v) is 4.39. The maximum atomic E-state index is 12.9. The standard InChI is InChI=1S/C21H26N2O6S/c1-5-30(25,26)23-13-20(29-17-9-7-6-8-16(17)23)21(24)22-14(2)15-10-11-18(27-3)19(12-15)28-4/h6-12,14,20H,5,13H2,1-4H3,(H,22,24)/t14-,20+/m0/s1. The van der Waals surface area contributed by atoms with Gasteiger partial charge in [0.2, 0.25) is 10.0 Å². The Balaban J connectivity index is 1.80. The molecule has 0 unspecified atom stereocenters. The van der Waals surface area contributed by atoms with Crippen molar-refractivity contribution < 1.29 is 27.4 Å². The SMILES string of the molecule is CCS(=O)(=O)N1C[C@H](C(=O)N[C@@H](C)c2ccc(OC)c(OC)c2)Oc2ccccc21. The van der Waals surface area contributed by atoms with Gasteiger partial charge in [-0.25, -0.2) is 8.42 Å². The summed E-state index contributed by atoms with van der Waals surface area (Å²) in [5.74, 6) is 1.03. The summed E-state index contributed by atoms with van der Waals surface area (Å²) in [6.07, 6.45) is -0.969. The molecule has 0 saturated carbocycles. The van der Waals surface area contributed by atoms with Gasteiger partial charge in [-0.05, 0) is 43.7 Å². The Hall–Kier alpha value is -2.94. The Morgan fingerprint density at radius 2 is 1.90 bits per heavy atom. The second kappa shape index (κ2) is 8.83. The lowest BCUT2D eigenvalue weighted by Gasteiger charge is -2.35. The number of nitrogens with one attached hydrogen (secondary N) is 1. The third-order valence-corrected chi connectivity index (χ3v) is 6.74. The van der Waals surface area contributed by atoms with Gasteiger partial charge in [-0.1, -0.05) is 18.2 Å². The lowest BCUT2D eigenvalue weighted by atomic mass is 10.1. The number of nitrogens with zero attached hydrogens (tertiary/aromatic N) is 1. The molecule has 30 heavy (non-hydrogen) atoms. The summed E-state index contributed by atoms with van der Waals surface area (Å²) in [6, 6.07) is 11.8. The van der Waals surface area contributed by atoms with Gasteiger partial charge in [-0.15, -0.1) is 0 Å². The van der Waals surface area contributed by atoms with Gasteiger partial charge in [0.1, 0.15) is 5.75 Å². The van der Waals surface area contributed by atoms with E-state index in [1.807, 2.05) is 13.0 Å². The van der Waals surface area contributed by atoms with Crippen LogP contribution in [0.2, 0.25) is 0 Å². The van der Waals surface area contributed by atoms with E-state index in [-0.39, 0.29) is 18.3 Å². The molecule has 0 aliphatic carbocycles. The fourth-order valence-electron chi connectivity index (χ4n) is 3.27. The maximum absolute atomic E-state index is 12.9. The van der Waals surface area contributed by atoms with Gasteiger partial charge >= 0.3 is 0 Å². The van der Waals surface area contributed by atoms with Gasteiger partial charge in [0.05, 0.1) is 38.2 Å². The van der Waals surface area contributed by atoms with Gasteiger partial charge < -0.3 is 19.5 Å². The molecule has 1 heterocycles. The number of hydrogen-bond acceptors (Lipinski definition) is 6. The Kier molecular flexibility index (Phi) is 6.40. The number of amides is 1. The topological polar surface area (TPSA) is 94.2 Å². The normalized spacial score (nSPS) is 16.8. The average Bonchev–Trinajstić information content (AvgIpc) is 2.77. The fraction of sp³-hybridized carbons (Fsp3) is 0.381. The number of carbonyl (C=O) groups excluding carboxylic acids is 1. The van der Waals surface area contributed by atoms with Crippen molar-refractivity contribution in [1.82, 2.24) is 5.32 Å². The van der Waals surface area contributed by atoms with Crippen LogP contribution < -0.4 is 23.8 Å². The van der Waals surface area contributed by atoms with Crippen molar-refractivity contribution >= 4 is 21.6 Å². The number of ether oxygens (including phenoxy) is 3. The van der Waals surface area contributed by atoms with Crippen molar-refractivity contribution in [2.45, 2.75) is 26.0 Å². The summed E-state index contributed by atoms with van der Waals surface area (Å²) in [4.78, 5) is 12.9. The summed E-state index contributed by atoms with van der Waals surface area (Å²) < 4.78 is 42.8. The lowest BCUT2D eigenvalue weighted by Crippen LogP contribution is -2.51.